The molecule has 3 amide bonds. The van der Waals surface area contributed by atoms with Crippen molar-refractivity contribution in [2.45, 2.75) is 46.2 Å². The molecule has 18 heavy (non-hydrogen) atoms. The van der Waals surface area contributed by atoms with Gasteiger partial charge in [-0.25, -0.2) is 4.79 Å². The van der Waals surface area contributed by atoms with Crippen molar-refractivity contribution in [2.75, 3.05) is 19.0 Å². The lowest BCUT2D eigenvalue weighted by atomic mass is 10.2. The van der Waals surface area contributed by atoms with Crippen LogP contribution in [-0.4, -0.2) is 47.9 Å². The Hall–Kier alpha value is -0.810. The molecule has 0 saturated heterocycles. The minimum Gasteiger partial charge on any atom is -0.337 e. The first-order valence-electron chi connectivity index (χ1n) is 6.27. The molecule has 106 valence electrons. The molecule has 0 saturated carbocycles. The quantitative estimate of drug-likeness (QED) is 0.694. The van der Waals surface area contributed by atoms with E-state index in [1.54, 1.807) is 0 Å². The van der Waals surface area contributed by atoms with Crippen LogP contribution in [0, 0.1) is 0 Å². The van der Waals surface area contributed by atoms with Crippen LogP contribution in [0.15, 0.2) is 0 Å². The number of urea groups is 1. The van der Waals surface area contributed by atoms with Gasteiger partial charge in [0.15, 0.2) is 0 Å². The number of alkyl halides is 1. The third-order valence-corrected chi connectivity index (χ3v) is 2.75. The maximum absolute atomic E-state index is 11.3. The van der Waals surface area contributed by atoms with Crippen LogP contribution in [0.1, 0.15) is 34.1 Å². The molecule has 0 aromatic rings. The summed E-state index contributed by atoms with van der Waals surface area (Å²) in [7, 11) is 0. The third kappa shape index (κ3) is 7.50. The van der Waals surface area contributed by atoms with E-state index in [4.69, 9.17) is 11.6 Å². The van der Waals surface area contributed by atoms with E-state index >= 15 is 0 Å². The van der Waals surface area contributed by atoms with Crippen molar-refractivity contribution in [3.05, 3.63) is 0 Å². The van der Waals surface area contributed by atoms with Crippen molar-refractivity contribution in [1.29, 1.82) is 0 Å². The molecule has 0 aromatic carbocycles. The lowest BCUT2D eigenvalue weighted by Gasteiger charge is -2.30. The standard InChI is InChI=1S/C12H24ClN3O2/c1-9(2)16(10(3)4)8-7-14-12(18)15-11(17)5-6-13/h9-10H,5-8H2,1-4H3,(H2,14,15,17,18). The summed E-state index contributed by atoms with van der Waals surface area (Å²) in [5, 5.41) is 4.88. The number of hydrogen-bond acceptors (Lipinski definition) is 3. The van der Waals surface area contributed by atoms with Crippen molar-refractivity contribution in [3.8, 4) is 0 Å². The molecular formula is C12H24ClN3O2. The molecule has 0 fully saturated rings. The van der Waals surface area contributed by atoms with Gasteiger partial charge in [0.1, 0.15) is 0 Å². The third-order valence-electron chi connectivity index (χ3n) is 2.56. The monoisotopic (exact) mass is 277 g/mol. The predicted octanol–water partition coefficient (Wildman–Crippen LogP) is 1.56. The molecule has 0 aliphatic heterocycles. The number of imide groups is 1. The Balaban J connectivity index is 3.89. The van der Waals surface area contributed by atoms with Crippen LogP contribution in [0.4, 0.5) is 4.79 Å². The van der Waals surface area contributed by atoms with Crippen LogP contribution in [-0.2, 0) is 4.79 Å². The summed E-state index contributed by atoms with van der Waals surface area (Å²) in [6.07, 6.45) is 0.152. The molecule has 2 N–H and O–H groups in total. The number of amides is 3. The number of rotatable bonds is 7. The Morgan fingerprint density at radius 2 is 1.72 bits per heavy atom. The van der Waals surface area contributed by atoms with Gasteiger partial charge < -0.3 is 5.32 Å². The predicted molar refractivity (Wildman–Crippen MR) is 73.9 cm³/mol. The molecule has 0 radical (unpaired) electrons. The van der Waals surface area contributed by atoms with Gasteiger partial charge in [0.2, 0.25) is 5.91 Å². The van der Waals surface area contributed by atoms with E-state index in [-0.39, 0.29) is 18.2 Å². The fourth-order valence-corrected chi connectivity index (χ4v) is 1.90. The number of hydrogen-bond donors (Lipinski definition) is 2. The maximum Gasteiger partial charge on any atom is 0.321 e. The molecule has 6 heteroatoms. The van der Waals surface area contributed by atoms with Gasteiger partial charge in [-0.05, 0) is 27.7 Å². The zero-order valence-corrected chi connectivity index (χ0v) is 12.4. The molecule has 0 heterocycles. The normalized spacial score (nSPS) is 11.1. The molecule has 5 nitrogen and oxygen atoms in total. The Morgan fingerprint density at radius 1 is 1.17 bits per heavy atom. The van der Waals surface area contributed by atoms with Gasteiger partial charge in [0.05, 0.1) is 0 Å². The van der Waals surface area contributed by atoms with E-state index in [2.05, 4.69) is 43.2 Å². The van der Waals surface area contributed by atoms with Crippen molar-refractivity contribution in [2.24, 2.45) is 0 Å². The molecular weight excluding hydrogens is 254 g/mol. The second kappa shape index (κ2) is 9.16. The average molecular weight is 278 g/mol. The van der Waals surface area contributed by atoms with E-state index in [0.717, 1.165) is 6.54 Å². The number of halogens is 1. The van der Waals surface area contributed by atoms with Gasteiger partial charge in [0, 0.05) is 37.5 Å². The van der Waals surface area contributed by atoms with Crippen LogP contribution in [0.2, 0.25) is 0 Å². The van der Waals surface area contributed by atoms with Gasteiger partial charge in [-0.2, -0.15) is 0 Å². The highest BCUT2D eigenvalue weighted by atomic mass is 35.5. The minimum atomic E-state index is -0.461. The highest BCUT2D eigenvalue weighted by molar-refractivity contribution is 6.19. The summed E-state index contributed by atoms with van der Waals surface area (Å²) in [6, 6.07) is 0.387. The minimum absolute atomic E-state index is 0.152. The van der Waals surface area contributed by atoms with E-state index in [1.165, 1.54) is 0 Å². The number of nitrogens with one attached hydrogen (secondary N) is 2. The van der Waals surface area contributed by atoms with Crippen molar-refractivity contribution >= 4 is 23.5 Å². The largest absolute Gasteiger partial charge is 0.337 e. The van der Waals surface area contributed by atoms with Gasteiger partial charge in [0.25, 0.3) is 0 Å². The summed E-state index contributed by atoms with van der Waals surface area (Å²) < 4.78 is 0. The zero-order chi connectivity index (χ0) is 14.1. The van der Waals surface area contributed by atoms with Crippen LogP contribution in [0.25, 0.3) is 0 Å². The molecule has 0 unspecified atom stereocenters. The molecule has 0 spiro atoms. The molecule has 0 aromatic heterocycles. The smallest absolute Gasteiger partial charge is 0.321 e. The molecule has 0 aliphatic carbocycles. The summed E-state index contributed by atoms with van der Waals surface area (Å²) in [5.74, 6) is -0.139. The van der Waals surface area contributed by atoms with Gasteiger partial charge in [-0.3, -0.25) is 15.0 Å². The number of nitrogens with zero attached hydrogens (tertiary/aromatic N) is 1. The maximum atomic E-state index is 11.3. The Bertz CT molecular complexity index is 262. The fraction of sp³-hybridized carbons (Fsp3) is 0.833. The first kappa shape index (κ1) is 17.2. The summed E-state index contributed by atoms with van der Waals surface area (Å²) >= 11 is 5.40. The fourth-order valence-electron chi connectivity index (χ4n) is 1.73. The highest BCUT2D eigenvalue weighted by Gasteiger charge is 2.13. The van der Waals surface area contributed by atoms with E-state index in [1.807, 2.05) is 0 Å². The lowest BCUT2D eigenvalue weighted by molar-refractivity contribution is -0.119. The Kier molecular flexibility index (Phi) is 8.75. The van der Waals surface area contributed by atoms with Gasteiger partial charge in [-0.1, -0.05) is 0 Å². The summed E-state index contributed by atoms with van der Waals surface area (Å²) in [5.41, 5.74) is 0. The topological polar surface area (TPSA) is 61.4 Å². The zero-order valence-electron chi connectivity index (χ0n) is 11.6. The van der Waals surface area contributed by atoms with E-state index in [9.17, 15) is 9.59 Å². The van der Waals surface area contributed by atoms with E-state index in [0.29, 0.717) is 18.6 Å². The average Bonchev–Trinajstić information content (AvgIpc) is 2.23. The molecule has 0 atom stereocenters. The molecule has 0 rings (SSSR count). The first-order chi connectivity index (χ1) is 8.38. The SMILES string of the molecule is CC(C)N(CCNC(=O)NC(=O)CCCl)C(C)C. The molecule has 0 aliphatic rings. The van der Waals surface area contributed by atoms with Crippen molar-refractivity contribution < 1.29 is 9.59 Å². The second-order valence-corrected chi connectivity index (χ2v) is 5.05. The molecule has 0 bridgehead atoms. The number of carbonyl (C=O) groups excluding carboxylic acids is 2. The Morgan fingerprint density at radius 3 is 2.17 bits per heavy atom. The summed E-state index contributed by atoms with van der Waals surface area (Å²) in [6.45, 7) is 9.73. The van der Waals surface area contributed by atoms with Gasteiger partial charge >= 0.3 is 6.03 Å². The second-order valence-electron chi connectivity index (χ2n) is 4.67. The van der Waals surface area contributed by atoms with Crippen molar-refractivity contribution in [1.82, 2.24) is 15.5 Å². The highest BCUT2D eigenvalue weighted by Crippen LogP contribution is 2.03. The van der Waals surface area contributed by atoms with Crippen molar-refractivity contribution in [3.63, 3.8) is 0 Å². The lowest BCUT2D eigenvalue weighted by Crippen LogP contribution is -2.45. The van der Waals surface area contributed by atoms with Gasteiger partial charge in [-0.15, -0.1) is 11.6 Å². The van der Waals surface area contributed by atoms with Crippen LogP contribution in [0.5, 0.6) is 0 Å². The first-order valence-corrected chi connectivity index (χ1v) is 6.81. The Labute approximate surface area is 114 Å². The van der Waals surface area contributed by atoms with E-state index < -0.39 is 6.03 Å². The van der Waals surface area contributed by atoms with Crippen LogP contribution in [0.3, 0.4) is 0 Å². The summed E-state index contributed by atoms with van der Waals surface area (Å²) in [4.78, 5) is 24.7. The number of carbonyl (C=O) groups is 2. The van der Waals surface area contributed by atoms with Crippen LogP contribution < -0.4 is 10.6 Å². The van der Waals surface area contributed by atoms with Crippen LogP contribution >= 0.6 is 11.6 Å².